The summed E-state index contributed by atoms with van der Waals surface area (Å²) in [5.41, 5.74) is 1.24. The number of halogens is 2. The molecule has 0 saturated carbocycles. The van der Waals surface area contributed by atoms with Crippen LogP contribution in [0.1, 0.15) is 19.4 Å². The average molecular weight is 448 g/mol. The van der Waals surface area contributed by atoms with E-state index in [1.165, 1.54) is 23.9 Å². The molecule has 1 amide bonds. The molecule has 0 bridgehead atoms. The van der Waals surface area contributed by atoms with Crippen molar-refractivity contribution in [1.29, 1.82) is 0 Å². The molecule has 158 valence electrons. The van der Waals surface area contributed by atoms with Crippen LogP contribution in [0.5, 0.6) is 0 Å². The monoisotopic (exact) mass is 447 g/mol. The molecule has 3 aromatic rings. The van der Waals surface area contributed by atoms with Gasteiger partial charge in [0, 0.05) is 25.2 Å². The summed E-state index contributed by atoms with van der Waals surface area (Å²) in [6.45, 7) is 4.91. The first-order valence-electron chi connectivity index (χ1n) is 9.56. The Labute approximate surface area is 183 Å². The summed E-state index contributed by atoms with van der Waals surface area (Å²) >= 11 is 7.29. The zero-order valence-corrected chi connectivity index (χ0v) is 18.6. The van der Waals surface area contributed by atoms with Crippen molar-refractivity contribution in [2.24, 2.45) is 5.92 Å². The molecule has 2 aromatic carbocycles. The quantitative estimate of drug-likeness (QED) is 0.392. The van der Waals surface area contributed by atoms with Gasteiger partial charge < -0.3 is 4.90 Å². The molecule has 3 rings (SSSR count). The largest absolute Gasteiger partial charge is 0.341 e. The van der Waals surface area contributed by atoms with Gasteiger partial charge in [0.05, 0.1) is 16.7 Å². The van der Waals surface area contributed by atoms with E-state index in [-0.39, 0.29) is 29.0 Å². The summed E-state index contributed by atoms with van der Waals surface area (Å²) < 4.78 is 14.7. The third-order valence-electron chi connectivity index (χ3n) is 4.51. The summed E-state index contributed by atoms with van der Waals surface area (Å²) in [7, 11) is 1.70. The van der Waals surface area contributed by atoms with Gasteiger partial charge in [0.15, 0.2) is 5.16 Å². The highest BCUT2D eigenvalue weighted by molar-refractivity contribution is 7.99. The molecule has 1 heterocycles. The van der Waals surface area contributed by atoms with Crippen LogP contribution < -0.4 is 5.56 Å². The number of amides is 1. The molecule has 30 heavy (non-hydrogen) atoms. The van der Waals surface area contributed by atoms with Crippen LogP contribution in [0.15, 0.2) is 52.4 Å². The van der Waals surface area contributed by atoms with E-state index in [9.17, 15) is 14.0 Å². The number of nitrogens with zero attached hydrogens (tertiary/aromatic N) is 3. The summed E-state index contributed by atoms with van der Waals surface area (Å²) in [6.07, 6.45) is 0. The van der Waals surface area contributed by atoms with E-state index in [0.717, 1.165) is 5.56 Å². The third-order valence-corrected chi connectivity index (χ3v) is 5.71. The van der Waals surface area contributed by atoms with Gasteiger partial charge in [-0.15, -0.1) is 0 Å². The predicted molar refractivity (Wildman–Crippen MR) is 119 cm³/mol. The molecule has 0 saturated heterocycles. The molecule has 0 spiro atoms. The Morgan fingerprint density at radius 1 is 1.23 bits per heavy atom. The minimum atomic E-state index is -0.310. The summed E-state index contributed by atoms with van der Waals surface area (Å²) in [5, 5.41) is 1.45. The van der Waals surface area contributed by atoms with Crippen molar-refractivity contribution < 1.29 is 9.18 Å². The van der Waals surface area contributed by atoms with Crippen LogP contribution in [0.25, 0.3) is 10.9 Å². The lowest BCUT2D eigenvalue weighted by Crippen LogP contribution is -2.29. The van der Waals surface area contributed by atoms with E-state index >= 15 is 0 Å². The van der Waals surface area contributed by atoms with E-state index in [4.69, 9.17) is 11.6 Å². The van der Waals surface area contributed by atoms with Gasteiger partial charge in [-0.2, -0.15) is 0 Å². The average Bonchev–Trinajstić information content (AvgIpc) is 2.70. The Balaban J connectivity index is 1.80. The van der Waals surface area contributed by atoms with Crippen molar-refractivity contribution in [2.75, 3.05) is 12.8 Å². The Bertz CT molecular complexity index is 1120. The molecule has 5 nitrogen and oxygen atoms in total. The molecular formula is C22H23ClFN3O2S. The molecule has 0 atom stereocenters. The first-order valence-corrected chi connectivity index (χ1v) is 10.9. The van der Waals surface area contributed by atoms with Gasteiger partial charge in [0.1, 0.15) is 5.82 Å². The fraction of sp³-hybridized carbons (Fsp3) is 0.318. The zero-order valence-electron chi connectivity index (χ0n) is 17.1. The number of hydrogen-bond acceptors (Lipinski definition) is 4. The Morgan fingerprint density at radius 2 is 1.93 bits per heavy atom. The van der Waals surface area contributed by atoms with Gasteiger partial charge >= 0.3 is 0 Å². The highest BCUT2D eigenvalue weighted by atomic mass is 35.5. The van der Waals surface area contributed by atoms with Crippen molar-refractivity contribution in [3.8, 4) is 0 Å². The van der Waals surface area contributed by atoms with E-state index in [1.807, 2.05) is 13.8 Å². The van der Waals surface area contributed by atoms with E-state index < -0.39 is 0 Å². The summed E-state index contributed by atoms with van der Waals surface area (Å²) in [5.74, 6) is -0.0419. The van der Waals surface area contributed by atoms with Crippen molar-refractivity contribution in [1.82, 2.24) is 14.5 Å². The first-order chi connectivity index (χ1) is 14.2. The van der Waals surface area contributed by atoms with Gasteiger partial charge in [0.25, 0.3) is 5.56 Å². The van der Waals surface area contributed by atoms with Gasteiger partial charge in [-0.05, 0) is 41.8 Å². The lowest BCUT2D eigenvalue weighted by Gasteiger charge is -2.18. The van der Waals surface area contributed by atoms with Crippen LogP contribution in [0.4, 0.5) is 4.39 Å². The lowest BCUT2D eigenvalue weighted by atomic mass is 10.2. The zero-order chi connectivity index (χ0) is 21.8. The third kappa shape index (κ3) is 5.40. The minimum Gasteiger partial charge on any atom is -0.341 e. The van der Waals surface area contributed by atoms with Crippen LogP contribution in [0.3, 0.4) is 0 Å². The van der Waals surface area contributed by atoms with Crippen LogP contribution >= 0.6 is 23.4 Å². The molecule has 1 aromatic heterocycles. The Kier molecular flexibility index (Phi) is 7.15. The van der Waals surface area contributed by atoms with Crippen LogP contribution in [-0.2, 0) is 17.9 Å². The van der Waals surface area contributed by atoms with Crippen LogP contribution in [0, 0.1) is 11.7 Å². The maximum atomic E-state index is 13.1. The first kappa shape index (κ1) is 22.3. The SMILES string of the molecule is CC(C)Cn1c(SCC(=O)N(C)Cc2ccc(F)cc2)nc2ccc(Cl)cc2c1=O. The number of thioether (sulfide) groups is 1. The van der Waals surface area contributed by atoms with E-state index in [0.29, 0.717) is 34.2 Å². The smallest absolute Gasteiger partial charge is 0.262 e. The van der Waals surface area contributed by atoms with Crippen molar-refractivity contribution >= 4 is 40.2 Å². The molecule has 0 aliphatic rings. The second kappa shape index (κ2) is 9.62. The molecule has 0 unspecified atom stereocenters. The number of carbonyl (C=O) groups excluding carboxylic acids is 1. The normalized spacial score (nSPS) is 11.3. The summed E-state index contributed by atoms with van der Waals surface area (Å²) in [4.78, 5) is 31.8. The minimum absolute atomic E-state index is 0.106. The fourth-order valence-electron chi connectivity index (χ4n) is 3.00. The topological polar surface area (TPSA) is 55.2 Å². The number of carbonyl (C=O) groups is 1. The second-order valence-electron chi connectivity index (χ2n) is 7.53. The van der Waals surface area contributed by atoms with E-state index in [1.54, 1.807) is 46.8 Å². The highest BCUT2D eigenvalue weighted by Gasteiger charge is 2.16. The number of fused-ring (bicyclic) bond motifs is 1. The number of benzene rings is 2. The molecule has 0 N–H and O–H groups in total. The lowest BCUT2D eigenvalue weighted by molar-refractivity contribution is -0.127. The number of aromatic nitrogens is 2. The van der Waals surface area contributed by atoms with Crippen molar-refractivity contribution in [2.45, 2.75) is 32.1 Å². The maximum Gasteiger partial charge on any atom is 0.262 e. The van der Waals surface area contributed by atoms with Crippen LogP contribution in [0.2, 0.25) is 5.02 Å². The molecule has 0 radical (unpaired) electrons. The van der Waals surface area contributed by atoms with Gasteiger partial charge in [-0.1, -0.05) is 49.3 Å². The Hall–Kier alpha value is -2.38. The standard InChI is InChI=1S/C22H23ClFN3O2S/c1-14(2)11-27-21(29)18-10-16(23)6-9-19(18)25-22(27)30-13-20(28)26(3)12-15-4-7-17(24)8-5-15/h4-10,14H,11-13H2,1-3H3. The maximum absolute atomic E-state index is 13.1. The number of hydrogen-bond donors (Lipinski definition) is 0. The van der Waals surface area contributed by atoms with Gasteiger partial charge in [-0.25, -0.2) is 9.37 Å². The van der Waals surface area contributed by atoms with Crippen molar-refractivity contribution in [3.63, 3.8) is 0 Å². The molecule has 8 heteroatoms. The highest BCUT2D eigenvalue weighted by Crippen LogP contribution is 2.21. The summed E-state index contributed by atoms with van der Waals surface area (Å²) in [6, 6.07) is 11.1. The van der Waals surface area contributed by atoms with Gasteiger partial charge in [0.2, 0.25) is 5.91 Å². The fourth-order valence-corrected chi connectivity index (χ4v) is 4.12. The molecule has 0 fully saturated rings. The molecular weight excluding hydrogens is 425 g/mol. The molecule has 0 aliphatic heterocycles. The van der Waals surface area contributed by atoms with E-state index in [2.05, 4.69) is 4.98 Å². The van der Waals surface area contributed by atoms with Crippen LogP contribution in [-0.4, -0.2) is 33.2 Å². The molecule has 0 aliphatic carbocycles. The Morgan fingerprint density at radius 3 is 2.60 bits per heavy atom. The second-order valence-corrected chi connectivity index (χ2v) is 8.91. The van der Waals surface area contributed by atoms with Crippen molar-refractivity contribution in [3.05, 3.63) is 69.2 Å². The number of rotatable bonds is 7. The van der Waals surface area contributed by atoms with Gasteiger partial charge in [-0.3, -0.25) is 14.2 Å². The predicted octanol–water partition coefficient (Wildman–Crippen LogP) is 4.60.